The second kappa shape index (κ2) is 8.20. The summed E-state index contributed by atoms with van der Waals surface area (Å²) in [6, 6.07) is 4.53. The van der Waals surface area contributed by atoms with Crippen molar-refractivity contribution in [3.8, 4) is 0 Å². The van der Waals surface area contributed by atoms with E-state index in [1.54, 1.807) is 33.1 Å². The first kappa shape index (κ1) is 19.3. The van der Waals surface area contributed by atoms with E-state index in [2.05, 4.69) is 15.0 Å². The zero-order valence-electron chi connectivity index (χ0n) is 16.4. The van der Waals surface area contributed by atoms with Crippen LogP contribution < -0.4 is 5.69 Å². The van der Waals surface area contributed by atoms with Crippen molar-refractivity contribution in [2.75, 3.05) is 12.3 Å². The van der Waals surface area contributed by atoms with Crippen molar-refractivity contribution >= 4 is 11.8 Å². The van der Waals surface area contributed by atoms with E-state index < -0.39 is 5.95 Å². The molecule has 5 rings (SSSR count). The Bertz CT molecular complexity index is 918. The minimum atomic E-state index is -0.438. The maximum atomic E-state index is 13.7. The fourth-order valence-electron chi connectivity index (χ4n) is 4.96. The number of hydrogen-bond donors (Lipinski definition) is 0. The summed E-state index contributed by atoms with van der Waals surface area (Å²) in [6.45, 7) is 2.73. The lowest BCUT2D eigenvalue weighted by Gasteiger charge is -2.38. The second-order valence-corrected chi connectivity index (χ2v) is 9.18. The molecule has 0 amide bonds. The third-order valence-corrected chi connectivity index (χ3v) is 7.32. The number of aryl methyl sites for hydroxylation is 1. The Hall–Kier alpha value is -1.71. The van der Waals surface area contributed by atoms with Crippen LogP contribution in [0.15, 0.2) is 28.3 Å². The summed E-state index contributed by atoms with van der Waals surface area (Å²) in [5, 5.41) is 5.31. The van der Waals surface area contributed by atoms with Gasteiger partial charge in [0.1, 0.15) is 0 Å². The third-order valence-electron chi connectivity index (χ3n) is 6.37. The van der Waals surface area contributed by atoms with Gasteiger partial charge in [-0.05, 0) is 38.2 Å². The number of ether oxygens (including phenoxy) is 1. The van der Waals surface area contributed by atoms with E-state index in [0.29, 0.717) is 24.2 Å². The number of hydrogen-bond acceptors (Lipinski definition) is 6. The van der Waals surface area contributed by atoms with Gasteiger partial charge in [-0.1, -0.05) is 17.8 Å². The van der Waals surface area contributed by atoms with E-state index in [4.69, 9.17) is 4.74 Å². The average molecular weight is 420 g/mol. The summed E-state index contributed by atoms with van der Waals surface area (Å²) in [6.07, 6.45) is 6.95. The zero-order chi connectivity index (χ0) is 19.8. The van der Waals surface area contributed by atoms with Crippen LogP contribution in [0.3, 0.4) is 0 Å². The molecule has 0 radical (unpaired) electrons. The number of halogens is 1. The summed E-state index contributed by atoms with van der Waals surface area (Å²) in [4.78, 5) is 18.6. The monoisotopic (exact) mass is 419 g/mol. The molecule has 5 heterocycles. The molecule has 2 atom stereocenters. The molecule has 29 heavy (non-hydrogen) atoms. The first-order valence-corrected chi connectivity index (χ1v) is 11.4. The molecule has 2 saturated heterocycles. The molecule has 0 saturated carbocycles. The van der Waals surface area contributed by atoms with Gasteiger partial charge in [0.25, 0.3) is 0 Å². The Labute approximate surface area is 173 Å². The van der Waals surface area contributed by atoms with Gasteiger partial charge < -0.3 is 4.74 Å². The first-order valence-electron chi connectivity index (χ1n) is 10.5. The average Bonchev–Trinajstić information content (AvgIpc) is 3.36. The van der Waals surface area contributed by atoms with Gasteiger partial charge in [0.05, 0.1) is 12.7 Å². The third kappa shape index (κ3) is 3.87. The topological polar surface area (TPSA) is 65.2 Å². The maximum Gasteiger partial charge on any atom is 0.346 e. The van der Waals surface area contributed by atoms with Crippen LogP contribution in [0.2, 0.25) is 0 Å². The molecule has 2 fully saturated rings. The van der Waals surface area contributed by atoms with Crippen LogP contribution in [0.5, 0.6) is 0 Å². The molecule has 3 aliphatic rings. The summed E-state index contributed by atoms with van der Waals surface area (Å²) in [5.74, 6) is 0.512. The predicted molar refractivity (Wildman–Crippen MR) is 107 cm³/mol. The molecule has 2 unspecified atom stereocenters. The van der Waals surface area contributed by atoms with E-state index in [0.717, 1.165) is 43.3 Å². The van der Waals surface area contributed by atoms with Crippen LogP contribution in [0.25, 0.3) is 0 Å². The number of rotatable bonds is 7. The molecule has 7 nitrogen and oxygen atoms in total. The smallest absolute Gasteiger partial charge is 0.346 e. The number of piperidine rings is 1. The number of nitrogens with zero attached hydrogens (tertiary/aromatic N) is 5. The lowest BCUT2D eigenvalue weighted by molar-refractivity contribution is -0.0295. The van der Waals surface area contributed by atoms with Gasteiger partial charge in [-0.25, -0.2) is 14.5 Å². The Balaban J connectivity index is 1.12. The molecule has 156 valence electrons. The van der Waals surface area contributed by atoms with Crippen molar-refractivity contribution in [3.63, 3.8) is 0 Å². The van der Waals surface area contributed by atoms with Crippen LogP contribution in [-0.4, -0.2) is 54.7 Å². The molecule has 0 aliphatic carbocycles. The van der Waals surface area contributed by atoms with Gasteiger partial charge in [-0.2, -0.15) is 4.39 Å². The van der Waals surface area contributed by atoms with E-state index in [1.165, 1.54) is 19.0 Å². The van der Waals surface area contributed by atoms with Gasteiger partial charge in [0.15, 0.2) is 5.16 Å². The molecule has 0 aromatic carbocycles. The van der Waals surface area contributed by atoms with E-state index in [9.17, 15) is 9.18 Å². The highest BCUT2D eigenvalue weighted by Gasteiger charge is 2.40. The fraction of sp³-hybridized carbons (Fsp3) is 0.650. The molecule has 2 aromatic heterocycles. The second-order valence-electron chi connectivity index (χ2n) is 8.12. The van der Waals surface area contributed by atoms with Crippen molar-refractivity contribution in [2.45, 2.75) is 75.1 Å². The zero-order valence-corrected chi connectivity index (χ0v) is 17.2. The lowest BCUT2D eigenvalue weighted by Crippen LogP contribution is -2.46. The van der Waals surface area contributed by atoms with Crippen molar-refractivity contribution in [2.24, 2.45) is 0 Å². The van der Waals surface area contributed by atoms with Crippen molar-refractivity contribution in [1.82, 2.24) is 24.2 Å². The van der Waals surface area contributed by atoms with Crippen LogP contribution in [-0.2, 0) is 24.4 Å². The number of pyridine rings is 1. The highest BCUT2D eigenvalue weighted by molar-refractivity contribution is 7.99. The van der Waals surface area contributed by atoms with Crippen LogP contribution in [0.4, 0.5) is 4.39 Å². The predicted octanol–water partition coefficient (Wildman–Crippen LogP) is 2.29. The highest BCUT2D eigenvalue weighted by Crippen LogP contribution is 2.37. The van der Waals surface area contributed by atoms with Crippen molar-refractivity contribution in [3.05, 3.63) is 40.3 Å². The normalized spacial score (nSPS) is 26.2. The molecule has 2 bridgehead atoms. The summed E-state index contributed by atoms with van der Waals surface area (Å²) in [7, 11) is 0. The molecule has 3 aliphatic heterocycles. The summed E-state index contributed by atoms with van der Waals surface area (Å²) in [5.41, 5.74) is 0.556. The Kier molecular flexibility index (Phi) is 5.45. The Morgan fingerprint density at radius 1 is 1.24 bits per heavy atom. The standard InChI is InChI=1S/C20H26FN5O2S/c21-18-14(3-1-6-22-18)13-28-17-11-15-4-5-16(12-17)24(15)7-2-8-26-20(27)25-9-10-29-19(25)23-26/h1,3,6,15-17H,2,4-5,7-13H2. The van der Waals surface area contributed by atoms with E-state index in [-0.39, 0.29) is 18.4 Å². The van der Waals surface area contributed by atoms with E-state index in [1.807, 2.05) is 0 Å². The summed E-state index contributed by atoms with van der Waals surface area (Å²) >= 11 is 1.66. The van der Waals surface area contributed by atoms with Gasteiger partial charge in [-0.15, -0.1) is 5.10 Å². The SMILES string of the molecule is O=c1n(CCCN2C3CCC2CC(OCc2cccnc2F)C3)nc2n1CCS2. The minimum Gasteiger partial charge on any atom is -0.373 e. The first-order chi connectivity index (χ1) is 14.2. The van der Waals surface area contributed by atoms with E-state index >= 15 is 0 Å². The van der Waals surface area contributed by atoms with Crippen LogP contribution >= 0.6 is 11.8 Å². The van der Waals surface area contributed by atoms with Gasteiger partial charge in [0.2, 0.25) is 5.95 Å². The van der Waals surface area contributed by atoms with Crippen LogP contribution in [0.1, 0.15) is 37.7 Å². The van der Waals surface area contributed by atoms with Gasteiger partial charge >= 0.3 is 5.69 Å². The van der Waals surface area contributed by atoms with Crippen LogP contribution in [0, 0.1) is 5.95 Å². The van der Waals surface area contributed by atoms with Crippen molar-refractivity contribution in [1.29, 1.82) is 0 Å². The molecule has 0 N–H and O–H groups in total. The largest absolute Gasteiger partial charge is 0.373 e. The fourth-order valence-corrected chi connectivity index (χ4v) is 5.89. The lowest BCUT2D eigenvalue weighted by atomic mass is 9.99. The molecule has 0 spiro atoms. The summed E-state index contributed by atoms with van der Waals surface area (Å²) < 4.78 is 23.1. The number of thioether (sulfide) groups is 1. The molecular weight excluding hydrogens is 393 g/mol. The van der Waals surface area contributed by atoms with Gasteiger partial charge in [0, 0.05) is 49.2 Å². The molecule has 2 aromatic rings. The number of fused-ring (bicyclic) bond motifs is 3. The number of aromatic nitrogens is 4. The Morgan fingerprint density at radius 3 is 2.83 bits per heavy atom. The van der Waals surface area contributed by atoms with Gasteiger partial charge in [-0.3, -0.25) is 9.47 Å². The van der Waals surface area contributed by atoms with Crippen molar-refractivity contribution < 1.29 is 9.13 Å². The maximum absolute atomic E-state index is 13.7. The Morgan fingerprint density at radius 2 is 2.07 bits per heavy atom. The molecular formula is C20H26FN5O2S. The molecule has 9 heteroatoms. The quantitative estimate of drug-likeness (QED) is 0.642. The highest BCUT2D eigenvalue weighted by atomic mass is 32.2. The minimum absolute atomic E-state index is 0.0303.